The summed E-state index contributed by atoms with van der Waals surface area (Å²) in [5.41, 5.74) is 1.75. The summed E-state index contributed by atoms with van der Waals surface area (Å²) in [6.07, 6.45) is 7.01. The van der Waals surface area contributed by atoms with Crippen molar-refractivity contribution in [2.45, 2.75) is 25.8 Å². The van der Waals surface area contributed by atoms with Gasteiger partial charge in [0.1, 0.15) is 0 Å². The van der Waals surface area contributed by atoms with E-state index in [-0.39, 0.29) is 17.9 Å². The van der Waals surface area contributed by atoms with Gasteiger partial charge in [-0.2, -0.15) is 5.10 Å². The van der Waals surface area contributed by atoms with Crippen LogP contribution in [0.25, 0.3) is 0 Å². The number of rotatable bonds is 4. The van der Waals surface area contributed by atoms with Crippen molar-refractivity contribution in [2.75, 3.05) is 19.7 Å². The molecule has 1 aliphatic heterocycles. The third-order valence-electron chi connectivity index (χ3n) is 5.72. The molecular weight excluding hydrogens is 302 g/mol. The number of hydrogen-bond donors (Lipinski definition) is 1. The van der Waals surface area contributed by atoms with E-state index in [1.54, 1.807) is 6.20 Å². The van der Waals surface area contributed by atoms with Crippen LogP contribution >= 0.6 is 0 Å². The van der Waals surface area contributed by atoms with Crippen molar-refractivity contribution in [2.24, 2.45) is 11.3 Å². The van der Waals surface area contributed by atoms with Crippen LogP contribution in [0.5, 0.6) is 0 Å². The van der Waals surface area contributed by atoms with E-state index in [4.69, 9.17) is 0 Å². The van der Waals surface area contributed by atoms with Gasteiger partial charge in [-0.3, -0.25) is 9.48 Å². The molecule has 0 unspecified atom stereocenters. The first-order valence-corrected chi connectivity index (χ1v) is 8.67. The van der Waals surface area contributed by atoms with Crippen LogP contribution in [0.3, 0.4) is 0 Å². The van der Waals surface area contributed by atoms with Crippen LogP contribution in [0.4, 0.5) is 0 Å². The van der Waals surface area contributed by atoms with Gasteiger partial charge in [0.15, 0.2) is 0 Å². The molecule has 126 valence electrons. The summed E-state index contributed by atoms with van der Waals surface area (Å²) >= 11 is 0. The molecule has 2 atom stereocenters. The standard InChI is InChI=1S/C19H23N3O2/c23-14-19-7-2-6-17(19)12-21(13-19)18(24)16-5-1-4-15(10-16)11-22-9-3-8-20-22/h1,3-5,8-10,17,23H,2,6-7,11-14H2/t17-,19+/m1/s1. The molecule has 5 nitrogen and oxygen atoms in total. The van der Waals surface area contributed by atoms with Gasteiger partial charge in [0.2, 0.25) is 0 Å². The van der Waals surface area contributed by atoms with E-state index < -0.39 is 0 Å². The van der Waals surface area contributed by atoms with Crippen LogP contribution in [0, 0.1) is 11.3 Å². The minimum absolute atomic E-state index is 0.0532. The minimum atomic E-state index is -0.0532. The topological polar surface area (TPSA) is 58.4 Å². The summed E-state index contributed by atoms with van der Waals surface area (Å²) in [6, 6.07) is 9.70. The lowest BCUT2D eigenvalue weighted by atomic mass is 9.82. The molecule has 1 saturated carbocycles. The fraction of sp³-hybridized carbons (Fsp3) is 0.474. The number of likely N-dealkylation sites (tertiary alicyclic amines) is 1. The molecule has 4 rings (SSSR count). The molecule has 2 aliphatic rings. The van der Waals surface area contributed by atoms with Gasteiger partial charge in [0.25, 0.3) is 5.91 Å². The van der Waals surface area contributed by atoms with Gasteiger partial charge in [-0.25, -0.2) is 0 Å². The highest BCUT2D eigenvalue weighted by Crippen LogP contribution is 2.48. The van der Waals surface area contributed by atoms with Crippen LogP contribution in [0.1, 0.15) is 35.2 Å². The van der Waals surface area contributed by atoms with Crippen molar-refractivity contribution >= 4 is 5.91 Å². The third kappa shape index (κ3) is 2.63. The van der Waals surface area contributed by atoms with E-state index in [1.807, 2.05) is 46.1 Å². The quantitative estimate of drug-likeness (QED) is 0.937. The smallest absolute Gasteiger partial charge is 0.253 e. The normalized spacial score (nSPS) is 25.9. The number of aromatic nitrogens is 2. The Labute approximate surface area is 141 Å². The second kappa shape index (κ2) is 6.06. The molecule has 2 aromatic rings. The largest absolute Gasteiger partial charge is 0.396 e. The fourth-order valence-corrected chi connectivity index (χ4v) is 4.39. The number of amides is 1. The van der Waals surface area contributed by atoms with Crippen LogP contribution in [-0.4, -0.2) is 45.4 Å². The average Bonchev–Trinajstić information content (AvgIpc) is 3.29. The zero-order valence-corrected chi connectivity index (χ0v) is 13.8. The monoisotopic (exact) mass is 325 g/mol. The van der Waals surface area contributed by atoms with E-state index in [1.165, 1.54) is 6.42 Å². The predicted molar refractivity (Wildman–Crippen MR) is 90.5 cm³/mol. The summed E-state index contributed by atoms with van der Waals surface area (Å²) < 4.78 is 1.85. The summed E-state index contributed by atoms with van der Waals surface area (Å²) in [5, 5.41) is 14.1. The molecule has 0 bridgehead atoms. The number of carbonyl (C=O) groups excluding carboxylic acids is 1. The number of nitrogens with zero attached hydrogens (tertiary/aromatic N) is 3. The van der Waals surface area contributed by atoms with Gasteiger partial charge in [-0.05, 0) is 42.5 Å². The zero-order chi connectivity index (χ0) is 16.6. The fourth-order valence-electron chi connectivity index (χ4n) is 4.39. The molecule has 0 spiro atoms. The van der Waals surface area contributed by atoms with E-state index >= 15 is 0 Å². The first-order chi connectivity index (χ1) is 11.7. The Morgan fingerprint density at radius 2 is 2.29 bits per heavy atom. The van der Waals surface area contributed by atoms with Crippen molar-refractivity contribution in [1.29, 1.82) is 0 Å². The Morgan fingerprint density at radius 3 is 3.04 bits per heavy atom. The number of carbonyl (C=O) groups is 1. The Kier molecular flexibility index (Phi) is 3.88. The van der Waals surface area contributed by atoms with Crippen LogP contribution < -0.4 is 0 Å². The molecule has 5 heteroatoms. The van der Waals surface area contributed by atoms with Crippen molar-refractivity contribution < 1.29 is 9.90 Å². The molecule has 24 heavy (non-hydrogen) atoms. The lowest BCUT2D eigenvalue weighted by Gasteiger charge is -2.25. The van der Waals surface area contributed by atoms with Crippen molar-refractivity contribution in [3.63, 3.8) is 0 Å². The van der Waals surface area contributed by atoms with Gasteiger partial charge >= 0.3 is 0 Å². The minimum Gasteiger partial charge on any atom is -0.396 e. The SMILES string of the molecule is O=C(c1cccc(Cn2cccn2)c1)N1C[C@H]2CCC[C@@]2(CO)C1. The molecule has 2 heterocycles. The van der Waals surface area contributed by atoms with Crippen molar-refractivity contribution in [1.82, 2.24) is 14.7 Å². The molecule has 1 saturated heterocycles. The van der Waals surface area contributed by atoms with Gasteiger partial charge in [-0.1, -0.05) is 18.6 Å². The van der Waals surface area contributed by atoms with Crippen LogP contribution in [-0.2, 0) is 6.54 Å². The molecule has 1 aromatic carbocycles. The lowest BCUT2D eigenvalue weighted by Crippen LogP contribution is -2.34. The Morgan fingerprint density at radius 1 is 1.38 bits per heavy atom. The van der Waals surface area contributed by atoms with E-state index in [9.17, 15) is 9.90 Å². The van der Waals surface area contributed by atoms with Crippen LogP contribution in [0.2, 0.25) is 0 Å². The lowest BCUT2D eigenvalue weighted by molar-refractivity contribution is 0.0734. The molecule has 0 radical (unpaired) electrons. The highest BCUT2D eigenvalue weighted by atomic mass is 16.3. The average molecular weight is 325 g/mol. The van der Waals surface area contributed by atoms with E-state index in [2.05, 4.69) is 5.10 Å². The maximum absolute atomic E-state index is 12.9. The van der Waals surface area contributed by atoms with Gasteiger partial charge in [0.05, 0.1) is 13.2 Å². The number of aliphatic hydroxyl groups excluding tert-OH is 1. The molecule has 1 aliphatic carbocycles. The Hall–Kier alpha value is -2.14. The maximum Gasteiger partial charge on any atom is 0.253 e. The highest BCUT2D eigenvalue weighted by molar-refractivity contribution is 5.94. The van der Waals surface area contributed by atoms with Gasteiger partial charge in [0, 0.05) is 36.5 Å². The summed E-state index contributed by atoms with van der Waals surface area (Å²) in [5.74, 6) is 0.540. The number of hydrogen-bond acceptors (Lipinski definition) is 3. The van der Waals surface area contributed by atoms with Crippen molar-refractivity contribution in [3.05, 3.63) is 53.9 Å². The summed E-state index contributed by atoms with van der Waals surface area (Å²) in [4.78, 5) is 14.9. The third-order valence-corrected chi connectivity index (χ3v) is 5.72. The second-order valence-electron chi connectivity index (χ2n) is 7.20. The second-order valence-corrected chi connectivity index (χ2v) is 7.20. The van der Waals surface area contributed by atoms with Gasteiger partial charge in [-0.15, -0.1) is 0 Å². The van der Waals surface area contributed by atoms with Crippen LogP contribution in [0.15, 0.2) is 42.7 Å². The number of aliphatic hydroxyl groups is 1. The zero-order valence-electron chi connectivity index (χ0n) is 13.8. The maximum atomic E-state index is 12.9. The highest BCUT2D eigenvalue weighted by Gasteiger charge is 2.50. The Bertz CT molecular complexity index is 728. The molecule has 1 amide bonds. The molecular formula is C19H23N3O2. The number of fused-ring (bicyclic) bond motifs is 1. The first-order valence-electron chi connectivity index (χ1n) is 8.67. The van der Waals surface area contributed by atoms with E-state index in [0.29, 0.717) is 19.0 Å². The summed E-state index contributed by atoms with van der Waals surface area (Å²) in [6.45, 7) is 2.33. The predicted octanol–water partition coefficient (Wildman–Crippen LogP) is 2.17. The van der Waals surface area contributed by atoms with Crippen molar-refractivity contribution in [3.8, 4) is 0 Å². The molecule has 1 aromatic heterocycles. The van der Waals surface area contributed by atoms with Gasteiger partial charge < -0.3 is 10.0 Å². The molecule has 1 N–H and O–H groups in total. The van der Waals surface area contributed by atoms with E-state index in [0.717, 1.165) is 30.5 Å². The summed E-state index contributed by atoms with van der Waals surface area (Å²) in [7, 11) is 0. The molecule has 2 fully saturated rings. The first kappa shape index (κ1) is 15.4. The number of benzene rings is 1. The Balaban J connectivity index is 1.51.